The maximum atomic E-state index is 11.6. The zero-order chi connectivity index (χ0) is 15.8. The van der Waals surface area contributed by atoms with Gasteiger partial charge in [0.05, 0.1) is 13.0 Å². The Balaban J connectivity index is 1.58. The maximum absolute atomic E-state index is 11.6. The summed E-state index contributed by atoms with van der Waals surface area (Å²) in [6, 6.07) is 0.761. The Morgan fingerprint density at radius 2 is 1.73 bits per heavy atom. The quantitative estimate of drug-likeness (QED) is 0.497. The van der Waals surface area contributed by atoms with E-state index in [0.29, 0.717) is 19.6 Å². The van der Waals surface area contributed by atoms with Crippen LogP contribution in [0.5, 0.6) is 0 Å². The van der Waals surface area contributed by atoms with Crippen LogP contribution in [0.1, 0.15) is 19.3 Å². The summed E-state index contributed by atoms with van der Waals surface area (Å²) in [6.07, 6.45) is 3.07. The first-order chi connectivity index (χ1) is 10.7. The second-order valence-corrected chi connectivity index (χ2v) is 6.38. The molecule has 6 heteroatoms. The van der Waals surface area contributed by atoms with E-state index in [1.165, 1.54) is 25.9 Å². The number of carbonyl (C=O) groups excluding carboxylic acids is 1. The second kappa shape index (κ2) is 9.45. The molecule has 0 radical (unpaired) electrons. The van der Waals surface area contributed by atoms with Gasteiger partial charge in [-0.05, 0) is 33.0 Å². The molecule has 2 heterocycles. The average molecular weight is 313 g/mol. The van der Waals surface area contributed by atoms with E-state index >= 15 is 0 Å². The first kappa shape index (κ1) is 17.7. The third kappa shape index (κ3) is 5.83. The maximum Gasteiger partial charge on any atom is 0.307 e. The monoisotopic (exact) mass is 313 g/mol. The van der Waals surface area contributed by atoms with Crippen molar-refractivity contribution in [2.24, 2.45) is 0 Å². The van der Waals surface area contributed by atoms with Crippen LogP contribution in [-0.4, -0.2) is 99.9 Å². The minimum absolute atomic E-state index is 0.116. The standard InChI is InChI=1S/C16H31N3O3/c1-17-6-3-15(4-7-17)19-11-9-18(10-12-19)8-5-16(20)22-14-13-21-2/h15H,3-14H2,1-2H3. The molecule has 0 atom stereocenters. The highest BCUT2D eigenvalue weighted by atomic mass is 16.6. The first-order valence-electron chi connectivity index (χ1n) is 8.48. The van der Waals surface area contributed by atoms with Gasteiger partial charge in [0.25, 0.3) is 0 Å². The normalized spacial score (nSPS) is 22.8. The molecule has 0 saturated carbocycles. The summed E-state index contributed by atoms with van der Waals surface area (Å²) >= 11 is 0. The number of piperazine rings is 1. The lowest BCUT2D eigenvalue weighted by molar-refractivity contribution is -0.145. The van der Waals surface area contributed by atoms with E-state index in [9.17, 15) is 4.79 Å². The van der Waals surface area contributed by atoms with Gasteiger partial charge in [-0.2, -0.15) is 0 Å². The molecule has 22 heavy (non-hydrogen) atoms. The number of carbonyl (C=O) groups is 1. The zero-order valence-electron chi connectivity index (χ0n) is 14.1. The number of methoxy groups -OCH3 is 1. The fourth-order valence-corrected chi connectivity index (χ4v) is 3.27. The van der Waals surface area contributed by atoms with Crippen LogP contribution in [0.15, 0.2) is 0 Å². The van der Waals surface area contributed by atoms with E-state index in [1.54, 1.807) is 7.11 Å². The third-order valence-corrected chi connectivity index (χ3v) is 4.79. The fraction of sp³-hybridized carbons (Fsp3) is 0.938. The molecule has 2 fully saturated rings. The van der Waals surface area contributed by atoms with Gasteiger partial charge in [0, 0.05) is 45.9 Å². The third-order valence-electron chi connectivity index (χ3n) is 4.79. The highest BCUT2D eigenvalue weighted by Crippen LogP contribution is 2.17. The van der Waals surface area contributed by atoms with Crippen molar-refractivity contribution in [2.75, 3.05) is 73.2 Å². The molecule has 2 saturated heterocycles. The summed E-state index contributed by atoms with van der Waals surface area (Å²) in [5.74, 6) is -0.116. The number of hydrogen-bond acceptors (Lipinski definition) is 6. The molecule has 128 valence electrons. The molecule has 0 aliphatic carbocycles. The van der Waals surface area contributed by atoms with Gasteiger partial charge in [-0.15, -0.1) is 0 Å². The van der Waals surface area contributed by atoms with Crippen molar-refractivity contribution in [1.29, 1.82) is 0 Å². The number of hydrogen-bond donors (Lipinski definition) is 0. The Kier molecular flexibility index (Phi) is 7.59. The van der Waals surface area contributed by atoms with Crippen LogP contribution >= 0.6 is 0 Å². The fourth-order valence-electron chi connectivity index (χ4n) is 3.27. The highest BCUT2D eigenvalue weighted by molar-refractivity contribution is 5.69. The summed E-state index contributed by atoms with van der Waals surface area (Å²) in [6.45, 7) is 8.49. The van der Waals surface area contributed by atoms with Crippen molar-refractivity contribution in [3.05, 3.63) is 0 Å². The van der Waals surface area contributed by atoms with Gasteiger partial charge >= 0.3 is 5.97 Å². The molecule has 2 aliphatic rings. The summed E-state index contributed by atoms with van der Waals surface area (Å²) in [7, 11) is 3.82. The molecule has 0 N–H and O–H groups in total. The molecule has 6 nitrogen and oxygen atoms in total. The lowest BCUT2D eigenvalue weighted by atomic mass is 10.0. The van der Waals surface area contributed by atoms with E-state index in [-0.39, 0.29) is 5.97 Å². The van der Waals surface area contributed by atoms with Crippen LogP contribution in [0.25, 0.3) is 0 Å². The predicted octanol–water partition coefficient (Wildman–Crippen LogP) is 0.278. The number of ether oxygens (including phenoxy) is 2. The topological polar surface area (TPSA) is 45.3 Å². The van der Waals surface area contributed by atoms with Gasteiger partial charge in [0.2, 0.25) is 0 Å². The van der Waals surface area contributed by atoms with Gasteiger partial charge in [-0.1, -0.05) is 0 Å². The number of piperidine rings is 1. The molecule has 0 aromatic rings. The van der Waals surface area contributed by atoms with Crippen LogP contribution < -0.4 is 0 Å². The highest BCUT2D eigenvalue weighted by Gasteiger charge is 2.26. The Bertz CT molecular complexity index is 325. The summed E-state index contributed by atoms with van der Waals surface area (Å²) in [5.41, 5.74) is 0. The average Bonchev–Trinajstić information content (AvgIpc) is 2.54. The zero-order valence-corrected chi connectivity index (χ0v) is 14.1. The molecule has 0 amide bonds. The first-order valence-corrected chi connectivity index (χ1v) is 8.48. The van der Waals surface area contributed by atoms with E-state index in [0.717, 1.165) is 38.8 Å². The van der Waals surface area contributed by atoms with Crippen molar-refractivity contribution >= 4 is 5.97 Å². The Hall–Kier alpha value is -0.690. The SMILES string of the molecule is COCCOC(=O)CCN1CCN(C2CCN(C)CC2)CC1. The molecule has 2 aliphatic heterocycles. The molecule has 2 rings (SSSR count). The van der Waals surface area contributed by atoms with Gasteiger partial charge < -0.3 is 19.3 Å². The molecule has 0 unspecified atom stereocenters. The van der Waals surface area contributed by atoms with Crippen molar-refractivity contribution in [2.45, 2.75) is 25.3 Å². The number of rotatable bonds is 7. The van der Waals surface area contributed by atoms with E-state index in [2.05, 4.69) is 21.7 Å². The minimum Gasteiger partial charge on any atom is -0.463 e. The van der Waals surface area contributed by atoms with Crippen molar-refractivity contribution in [3.8, 4) is 0 Å². The van der Waals surface area contributed by atoms with Gasteiger partial charge in [-0.25, -0.2) is 0 Å². The molecular weight excluding hydrogens is 282 g/mol. The summed E-state index contributed by atoms with van der Waals surface area (Å²) in [4.78, 5) is 19.0. The van der Waals surface area contributed by atoms with E-state index in [1.807, 2.05) is 0 Å². The molecule has 0 bridgehead atoms. The van der Waals surface area contributed by atoms with E-state index < -0.39 is 0 Å². The molecule has 0 spiro atoms. The molecular formula is C16H31N3O3. The lowest BCUT2D eigenvalue weighted by Gasteiger charge is -2.42. The molecule has 0 aromatic heterocycles. The number of likely N-dealkylation sites (tertiary alicyclic amines) is 1. The largest absolute Gasteiger partial charge is 0.463 e. The van der Waals surface area contributed by atoms with Gasteiger partial charge in [0.15, 0.2) is 0 Å². The van der Waals surface area contributed by atoms with Crippen LogP contribution in [-0.2, 0) is 14.3 Å². The van der Waals surface area contributed by atoms with Crippen molar-refractivity contribution in [1.82, 2.24) is 14.7 Å². The summed E-state index contributed by atoms with van der Waals surface area (Å²) < 4.78 is 9.96. The number of nitrogens with zero attached hydrogens (tertiary/aromatic N) is 3. The van der Waals surface area contributed by atoms with Crippen LogP contribution in [0.3, 0.4) is 0 Å². The van der Waals surface area contributed by atoms with Crippen LogP contribution in [0.4, 0.5) is 0 Å². The van der Waals surface area contributed by atoms with E-state index in [4.69, 9.17) is 9.47 Å². The Morgan fingerprint density at radius 3 is 2.36 bits per heavy atom. The van der Waals surface area contributed by atoms with Gasteiger partial charge in [-0.3, -0.25) is 9.69 Å². The van der Waals surface area contributed by atoms with Crippen molar-refractivity contribution < 1.29 is 14.3 Å². The van der Waals surface area contributed by atoms with Gasteiger partial charge in [0.1, 0.15) is 6.61 Å². The number of esters is 1. The van der Waals surface area contributed by atoms with Crippen LogP contribution in [0.2, 0.25) is 0 Å². The predicted molar refractivity (Wildman–Crippen MR) is 86.0 cm³/mol. The smallest absolute Gasteiger partial charge is 0.307 e. The second-order valence-electron chi connectivity index (χ2n) is 6.38. The molecule has 0 aromatic carbocycles. The summed E-state index contributed by atoms with van der Waals surface area (Å²) in [5, 5.41) is 0. The lowest BCUT2D eigenvalue weighted by Crippen LogP contribution is -2.53. The van der Waals surface area contributed by atoms with Crippen LogP contribution in [0, 0.1) is 0 Å². The van der Waals surface area contributed by atoms with Crippen molar-refractivity contribution in [3.63, 3.8) is 0 Å². The Labute approximate surface area is 134 Å². The minimum atomic E-state index is -0.116. The Morgan fingerprint density at radius 1 is 1.05 bits per heavy atom.